The van der Waals surface area contributed by atoms with Gasteiger partial charge in [0.25, 0.3) is 0 Å². The van der Waals surface area contributed by atoms with Crippen molar-refractivity contribution in [3.63, 3.8) is 0 Å². The van der Waals surface area contributed by atoms with Gasteiger partial charge in [0.15, 0.2) is 0 Å². The van der Waals surface area contributed by atoms with E-state index >= 15 is 0 Å². The summed E-state index contributed by atoms with van der Waals surface area (Å²) < 4.78 is 3.19. The fraction of sp³-hybridized carbons (Fsp3) is 0.0714. The lowest BCUT2D eigenvalue weighted by molar-refractivity contribution is 0.798. The van der Waals surface area contributed by atoms with Gasteiger partial charge in [-0.25, -0.2) is 4.98 Å². The minimum atomic E-state index is 0. The second kappa shape index (κ2) is 5.55. The molecule has 0 spiro atoms. The number of hydrogen-bond acceptors (Lipinski definition) is 1. The Kier molecular flexibility index (Phi) is 4.04. The van der Waals surface area contributed by atoms with Crippen LogP contribution in [0.4, 0.5) is 0 Å². The van der Waals surface area contributed by atoms with Crippen molar-refractivity contribution >= 4 is 39.1 Å². The molecular formula is C14H12BrClN2. The Morgan fingerprint density at radius 3 is 2.61 bits per heavy atom. The first-order chi connectivity index (χ1) is 8.31. The van der Waals surface area contributed by atoms with E-state index in [4.69, 9.17) is 0 Å². The van der Waals surface area contributed by atoms with Gasteiger partial charge in [0.05, 0.1) is 6.33 Å². The summed E-state index contributed by atoms with van der Waals surface area (Å²) in [4.78, 5) is 4.05. The standard InChI is InChI=1S/C14H11BrN2.ClH/c15-14-4-3-12-7-11(1-2-13(12)8-14)9-17-6-5-16-10-17;/h1-8,10H,9H2;1H. The molecule has 3 aromatic rings. The molecule has 92 valence electrons. The van der Waals surface area contributed by atoms with Gasteiger partial charge in [-0.1, -0.05) is 34.1 Å². The molecule has 1 heterocycles. The van der Waals surface area contributed by atoms with Crippen LogP contribution in [0.2, 0.25) is 0 Å². The minimum Gasteiger partial charge on any atom is -0.333 e. The van der Waals surface area contributed by atoms with E-state index in [0.29, 0.717) is 0 Å². The second-order valence-electron chi connectivity index (χ2n) is 4.06. The minimum absolute atomic E-state index is 0. The average molecular weight is 324 g/mol. The Hall–Kier alpha value is -1.32. The van der Waals surface area contributed by atoms with E-state index < -0.39 is 0 Å². The van der Waals surface area contributed by atoms with Crippen molar-refractivity contribution in [3.8, 4) is 0 Å². The number of rotatable bonds is 2. The van der Waals surface area contributed by atoms with E-state index in [0.717, 1.165) is 11.0 Å². The lowest BCUT2D eigenvalue weighted by Crippen LogP contribution is -1.95. The Bertz CT molecular complexity index is 650. The molecule has 0 aliphatic heterocycles. The van der Waals surface area contributed by atoms with Crippen LogP contribution in [-0.4, -0.2) is 9.55 Å². The first-order valence-corrected chi connectivity index (χ1v) is 6.24. The first-order valence-electron chi connectivity index (χ1n) is 5.45. The van der Waals surface area contributed by atoms with E-state index in [1.165, 1.54) is 16.3 Å². The summed E-state index contributed by atoms with van der Waals surface area (Å²) in [5.41, 5.74) is 1.29. The molecule has 0 N–H and O–H groups in total. The van der Waals surface area contributed by atoms with Crippen molar-refractivity contribution < 1.29 is 0 Å². The molecular weight excluding hydrogens is 312 g/mol. The summed E-state index contributed by atoms with van der Waals surface area (Å²) in [5.74, 6) is 0. The van der Waals surface area contributed by atoms with Gasteiger partial charge in [0.1, 0.15) is 0 Å². The van der Waals surface area contributed by atoms with Crippen molar-refractivity contribution in [1.82, 2.24) is 9.55 Å². The van der Waals surface area contributed by atoms with E-state index in [1.807, 2.05) is 12.5 Å². The number of nitrogens with zero attached hydrogens (tertiary/aromatic N) is 2. The molecule has 2 nitrogen and oxygen atoms in total. The first kappa shape index (κ1) is 13.1. The average Bonchev–Trinajstić information content (AvgIpc) is 2.82. The highest BCUT2D eigenvalue weighted by Crippen LogP contribution is 2.21. The lowest BCUT2D eigenvalue weighted by atomic mass is 10.1. The van der Waals surface area contributed by atoms with Crippen LogP contribution in [0.5, 0.6) is 0 Å². The summed E-state index contributed by atoms with van der Waals surface area (Å²) in [6.07, 6.45) is 5.62. The Morgan fingerprint density at radius 1 is 1.06 bits per heavy atom. The monoisotopic (exact) mass is 322 g/mol. The summed E-state index contributed by atoms with van der Waals surface area (Å²) in [6, 6.07) is 12.9. The third-order valence-corrected chi connectivity index (χ3v) is 3.28. The highest BCUT2D eigenvalue weighted by molar-refractivity contribution is 9.10. The molecule has 0 radical (unpaired) electrons. The Labute approximate surface area is 120 Å². The highest BCUT2D eigenvalue weighted by Gasteiger charge is 1.98. The summed E-state index contributed by atoms with van der Waals surface area (Å²) in [7, 11) is 0. The van der Waals surface area contributed by atoms with Crippen LogP contribution in [0.25, 0.3) is 10.8 Å². The van der Waals surface area contributed by atoms with Crippen LogP contribution < -0.4 is 0 Å². The summed E-state index contributed by atoms with van der Waals surface area (Å²) in [5, 5.41) is 2.53. The van der Waals surface area contributed by atoms with Gasteiger partial charge < -0.3 is 4.57 Å². The van der Waals surface area contributed by atoms with Gasteiger partial charge in [-0.15, -0.1) is 12.4 Å². The molecule has 4 heteroatoms. The van der Waals surface area contributed by atoms with Crippen LogP contribution >= 0.6 is 28.3 Å². The van der Waals surface area contributed by atoms with Gasteiger partial charge in [-0.3, -0.25) is 0 Å². The number of fused-ring (bicyclic) bond motifs is 1. The van der Waals surface area contributed by atoms with Crippen molar-refractivity contribution in [2.75, 3.05) is 0 Å². The maximum Gasteiger partial charge on any atom is 0.0949 e. The molecule has 0 saturated carbocycles. The van der Waals surface area contributed by atoms with Gasteiger partial charge in [0, 0.05) is 23.4 Å². The molecule has 0 amide bonds. The van der Waals surface area contributed by atoms with Crippen LogP contribution in [0.1, 0.15) is 5.56 Å². The van der Waals surface area contributed by atoms with E-state index in [1.54, 1.807) is 6.20 Å². The summed E-state index contributed by atoms with van der Waals surface area (Å²) in [6.45, 7) is 0.867. The molecule has 0 saturated heterocycles. The number of benzene rings is 2. The van der Waals surface area contributed by atoms with Gasteiger partial charge in [0.2, 0.25) is 0 Å². The largest absolute Gasteiger partial charge is 0.333 e. The fourth-order valence-corrected chi connectivity index (χ4v) is 2.33. The van der Waals surface area contributed by atoms with E-state index in [2.05, 4.69) is 61.9 Å². The molecule has 0 bridgehead atoms. The third kappa shape index (κ3) is 2.74. The third-order valence-electron chi connectivity index (χ3n) is 2.79. The lowest BCUT2D eigenvalue weighted by Gasteiger charge is -2.05. The van der Waals surface area contributed by atoms with Crippen LogP contribution in [-0.2, 0) is 6.54 Å². The topological polar surface area (TPSA) is 17.8 Å². The van der Waals surface area contributed by atoms with E-state index in [-0.39, 0.29) is 12.4 Å². The van der Waals surface area contributed by atoms with Crippen molar-refractivity contribution in [2.45, 2.75) is 6.54 Å². The molecule has 0 atom stereocenters. The molecule has 0 aliphatic rings. The number of imidazole rings is 1. The number of halogens is 2. The predicted molar refractivity (Wildman–Crippen MR) is 80.2 cm³/mol. The van der Waals surface area contributed by atoms with Crippen molar-refractivity contribution in [3.05, 3.63) is 65.2 Å². The molecule has 1 aromatic heterocycles. The van der Waals surface area contributed by atoms with Crippen LogP contribution in [0.3, 0.4) is 0 Å². The Morgan fingerprint density at radius 2 is 1.83 bits per heavy atom. The van der Waals surface area contributed by atoms with Crippen LogP contribution in [0, 0.1) is 0 Å². The smallest absolute Gasteiger partial charge is 0.0949 e. The Balaban J connectivity index is 0.00000120. The molecule has 3 rings (SSSR count). The predicted octanol–water partition coefficient (Wildman–Crippen LogP) is 4.27. The molecule has 2 aromatic carbocycles. The van der Waals surface area contributed by atoms with Gasteiger partial charge in [-0.2, -0.15) is 0 Å². The maximum atomic E-state index is 4.05. The van der Waals surface area contributed by atoms with Gasteiger partial charge in [-0.05, 0) is 34.5 Å². The maximum absolute atomic E-state index is 4.05. The van der Waals surface area contributed by atoms with Crippen molar-refractivity contribution in [2.24, 2.45) is 0 Å². The quantitative estimate of drug-likeness (QED) is 0.688. The second-order valence-corrected chi connectivity index (χ2v) is 4.98. The molecule has 0 unspecified atom stereocenters. The molecule has 18 heavy (non-hydrogen) atoms. The highest BCUT2D eigenvalue weighted by atomic mass is 79.9. The van der Waals surface area contributed by atoms with Gasteiger partial charge >= 0.3 is 0 Å². The van der Waals surface area contributed by atoms with Crippen LogP contribution in [0.15, 0.2) is 59.6 Å². The summed E-state index contributed by atoms with van der Waals surface area (Å²) >= 11 is 3.49. The number of aromatic nitrogens is 2. The zero-order valence-corrected chi connectivity index (χ0v) is 12.0. The number of hydrogen-bond donors (Lipinski definition) is 0. The van der Waals surface area contributed by atoms with Crippen molar-refractivity contribution in [1.29, 1.82) is 0 Å². The fourth-order valence-electron chi connectivity index (χ4n) is 1.96. The van der Waals surface area contributed by atoms with E-state index in [9.17, 15) is 0 Å². The zero-order valence-electron chi connectivity index (χ0n) is 9.58. The molecule has 0 aliphatic carbocycles. The SMILES string of the molecule is Brc1ccc2cc(Cn3ccnc3)ccc2c1.Cl. The normalized spacial score (nSPS) is 10.3. The molecule has 0 fully saturated rings. The zero-order chi connectivity index (χ0) is 11.7.